The molecule has 0 fully saturated rings. The molecular weight excluding hydrogens is 432 g/mol. The molecule has 0 aliphatic heterocycles. The molecule has 0 aliphatic rings. The number of aromatic nitrogens is 3. The highest BCUT2D eigenvalue weighted by Crippen LogP contribution is 2.40. The van der Waals surface area contributed by atoms with Gasteiger partial charge in [0, 0.05) is 31.0 Å². The fourth-order valence-corrected chi connectivity index (χ4v) is 3.61. The molecule has 0 saturated heterocycles. The number of ether oxygens (including phenoxy) is 3. The molecule has 3 N–H and O–H groups in total. The van der Waals surface area contributed by atoms with E-state index in [4.69, 9.17) is 20.1 Å². The predicted octanol–water partition coefficient (Wildman–Crippen LogP) is 2.48. The van der Waals surface area contributed by atoms with Gasteiger partial charge in [-0.1, -0.05) is 11.8 Å². The molecule has 0 bridgehead atoms. The third-order valence-corrected chi connectivity index (χ3v) is 5.53. The molecule has 1 heterocycles. The summed E-state index contributed by atoms with van der Waals surface area (Å²) in [5, 5.41) is 11.5. The average molecular weight is 459 g/mol. The van der Waals surface area contributed by atoms with Gasteiger partial charge in [0.05, 0.1) is 27.1 Å². The van der Waals surface area contributed by atoms with Crippen molar-refractivity contribution in [3.8, 4) is 28.6 Å². The molecule has 3 rings (SSSR count). The second-order valence-electron chi connectivity index (χ2n) is 6.87. The minimum absolute atomic E-state index is 0.125. The van der Waals surface area contributed by atoms with Gasteiger partial charge in [0.15, 0.2) is 17.3 Å². The SMILES string of the molecule is COc1cc(-c2nnc(SCC(=O)Nc3ccc(N(C)C)cc3)n2N)cc(OC)c1OC. The fraction of sp³-hybridized carbons (Fsp3) is 0.286. The number of nitrogens with zero attached hydrogens (tertiary/aromatic N) is 4. The standard InChI is InChI=1S/C21H26N6O4S/c1-26(2)15-8-6-14(7-9-15)23-18(28)12-32-21-25-24-20(27(21)22)13-10-16(29-3)19(31-5)17(11-13)30-4/h6-11H,12,22H2,1-5H3,(H,23,28). The number of carbonyl (C=O) groups excluding carboxylic acids is 1. The summed E-state index contributed by atoms with van der Waals surface area (Å²) in [6.45, 7) is 0. The lowest BCUT2D eigenvalue weighted by atomic mass is 10.1. The number of nitrogen functional groups attached to an aromatic ring is 1. The first-order chi connectivity index (χ1) is 15.4. The van der Waals surface area contributed by atoms with Gasteiger partial charge in [-0.15, -0.1) is 10.2 Å². The van der Waals surface area contributed by atoms with E-state index >= 15 is 0 Å². The Labute approximate surface area is 190 Å². The van der Waals surface area contributed by atoms with Crippen LogP contribution in [-0.4, -0.2) is 62.0 Å². The Hall–Kier alpha value is -3.60. The van der Waals surface area contributed by atoms with Gasteiger partial charge in [-0.3, -0.25) is 4.79 Å². The van der Waals surface area contributed by atoms with Crippen LogP contribution in [0.5, 0.6) is 17.2 Å². The first-order valence-corrected chi connectivity index (χ1v) is 10.6. The van der Waals surface area contributed by atoms with Gasteiger partial charge >= 0.3 is 0 Å². The molecule has 0 atom stereocenters. The van der Waals surface area contributed by atoms with Crippen LogP contribution >= 0.6 is 11.8 Å². The molecule has 3 aromatic rings. The summed E-state index contributed by atoms with van der Waals surface area (Å²) in [4.78, 5) is 14.3. The Bertz CT molecular complexity index is 1060. The van der Waals surface area contributed by atoms with E-state index in [0.717, 1.165) is 5.69 Å². The topological polar surface area (TPSA) is 117 Å². The van der Waals surface area contributed by atoms with Gasteiger partial charge in [-0.2, -0.15) is 0 Å². The van der Waals surface area contributed by atoms with Crippen LogP contribution in [-0.2, 0) is 4.79 Å². The third-order valence-electron chi connectivity index (χ3n) is 4.59. The Morgan fingerprint density at radius 1 is 1.06 bits per heavy atom. The summed E-state index contributed by atoms with van der Waals surface area (Å²) in [6, 6.07) is 11.0. The predicted molar refractivity (Wildman–Crippen MR) is 125 cm³/mol. The summed E-state index contributed by atoms with van der Waals surface area (Å²) in [7, 11) is 8.51. The summed E-state index contributed by atoms with van der Waals surface area (Å²) < 4.78 is 17.4. The monoisotopic (exact) mass is 458 g/mol. The van der Waals surface area contributed by atoms with Crippen molar-refractivity contribution in [3.63, 3.8) is 0 Å². The van der Waals surface area contributed by atoms with Crippen LogP contribution in [0.3, 0.4) is 0 Å². The van der Waals surface area contributed by atoms with E-state index in [2.05, 4.69) is 15.5 Å². The van der Waals surface area contributed by atoms with Crippen LogP contribution in [0.4, 0.5) is 11.4 Å². The van der Waals surface area contributed by atoms with Crippen molar-refractivity contribution in [2.75, 3.05) is 57.2 Å². The number of nitrogens with one attached hydrogen (secondary N) is 1. The third kappa shape index (κ3) is 4.99. The van der Waals surface area contributed by atoms with Crippen molar-refractivity contribution in [3.05, 3.63) is 36.4 Å². The number of anilines is 2. The van der Waals surface area contributed by atoms with Gasteiger partial charge in [0.2, 0.25) is 16.8 Å². The Balaban J connectivity index is 1.70. The summed E-state index contributed by atoms with van der Waals surface area (Å²) in [5.41, 5.74) is 2.40. The number of hydrogen-bond donors (Lipinski definition) is 2. The summed E-state index contributed by atoms with van der Waals surface area (Å²) >= 11 is 1.18. The largest absolute Gasteiger partial charge is 0.493 e. The summed E-state index contributed by atoms with van der Waals surface area (Å²) in [6.07, 6.45) is 0. The normalized spacial score (nSPS) is 10.5. The van der Waals surface area contributed by atoms with Gasteiger partial charge < -0.3 is 30.3 Å². The van der Waals surface area contributed by atoms with Crippen molar-refractivity contribution in [1.82, 2.24) is 14.9 Å². The smallest absolute Gasteiger partial charge is 0.234 e. The Morgan fingerprint density at radius 2 is 1.69 bits per heavy atom. The van der Waals surface area contributed by atoms with Crippen molar-refractivity contribution in [2.45, 2.75) is 5.16 Å². The number of amides is 1. The minimum Gasteiger partial charge on any atom is -0.493 e. The number of benzene rings is 2. The lowest BCUT2D eigenvalue weighted by Crippen LogP contribution is -2.16. The maximum absolute atomic E-state index is 12.3. The molecule has 32 heavy (non-hydrogen) atoms. The first kappa shape index (κ1) is 23.1. The van der Waals surface area contributed by atoms with E-state index < -0.39 is 0 Å². The van der Waals surface area contributed by atoms with Gasteiger partial charge in [0.25, 0.3) is 0 Å². The zero-order chi connectivity index (χ0) is 23.3. The molecule has 2 aromatic carbocycles. The molecule has 0 radical (unpaired) electrons. The zero-order valence-electron chi connectivity index (χ0n) is 18.6. The molecule has 0 aliphatic carbocycles. The molecule has 0 unspecified atom stereocenters. The highest BCUT2D eigenvalue weighted by Gasteiger charge is 2.19. The number of rotatable bonds is 9. The van der Waals surface area contributed by atoms with Crippen LogP contribution in [0.25, 0.3) is 11.4 Å². The van der Waals surface area contributed by atoms with Crippen LogP contribution in [0.15, 0.2) is 41.6 Å². The lowest BCUT2D eigenvalue weighted by molar-refractivity contribution is -0.113. The highest BCUT2D eigenvalue weighted by molar-refractivity contribution is 7.99. The number of carbonyl (C=O) groups is 1. The van der Waals surface area contributed by atoms with E-state index in [1.54, 1.807) is 12.1 Å². The number of hydrogen-bond acceptors (Lipinski definition) is 9. The molecular formula is C21H26N6O4S. The lowest BCUT2D eigenvalue weighted by Gasteiger charge is -2.14. The second kappa shape index (κ2) is 10.1. The van der Waals surface area contributed by atoms with Crippen LogP contribution in [0, 0.1) is 0 Å². The zero-order valence-corrected chi connectivity index (χ0v) is 19.4. The van der Waals surface area contributed by atoms with Gasteiger partial charge in [-0.05, 0) is 36.4 Å². The molecule has 170 valence electrons. The van der Waals surface area contributed by atoms with Crippen LogP contribution < -0.4 is 30.3 Å². The maximum atomic E-state index is 12.3. The van der Waals surface area contributed by atoms with E-state index in [0.29, 0.717) is 39.5 Å². The molecule has 1 aromatic heterocycles. The van der Waals surface area contributed by atoms with Gasteiger partial charge in [0.1, 0.15) is 0 Å². The Morgan fingerprint density at radius 3 is 2.22 bits per heavy atom. The van der Waals surface area contributed by atoms with E-state index in [1.807, 2.05) is 43.3 Å². The fourth-order valence-electron chi connectivity index (χ4n) is 2.95. The highest BCUT2D eigenvalue weighted by atomic mass is 32.2. The number of methoxy groups -OCH3 is 3. The quantitative estimate of drug-likeness (QED) is 0.368. The molecule has 0 saturated carbocycles. The summed E-state index contributed by atoms with van der Waals surface area (Å²) in [5.74, 6) is 7.94. The Kier molecular flexibility index (Phi) is 7.31. The molecule has 11 heteroatoms. The van der Waals surface area contributed by atoms with Crippen molar-refractivity contribution >= 4 is 29.0 Å². The van der Waals surface area contributed by atoms with Crippen LogP contribution in [0.1, 0.15) is 0 Å². The average Bonchev–Trinajstić information content (AvgIpc) is 3.17. The molecule has 0 spiro atoms. The van der Waals surface area contributed by atoms with Crippen molar-refractivity contribution in [2.24, 2.45) is 0 Å². The molecule has 1 amide bonds. The number of nitrogens with two attached hydrogens (primary N) is 1. The van der Waals surface area contributed by atoms with E-state index in [-0.39, 0.29) is 11.7 Å². The number of thioether (sulfide) groups is 1. The first-order valence-electron chi connectivity index (χ1n) is 9.58. The molecule has 10 nitrogen and oxygen atoms in total. The van der Waals surface area contributed by atoms with Crippen molar-refractivity contribution < 1.29 is 19.0 Å². The minimum atomic E-state index is -0.176. The van der Waals surface area contributed by atoms with Gasteiger partial charge in [-0.25, -0.2) is 4.68 Å². The van der Waals surface area contributed by atoms with E-state index in [1.165, 1.54) is 37.8 Å². The van der Waals surface area contributed by atoms with Crippen LogP contribution in [0.2, 0.25) is 0 Å². The van der Waals surface area contributed by atoms with Crippen molar-refractivity contribution in [1.29, 1.82) is 0 Å². The maximum Gasteiger partial charge on any atom is 0.234 e. The second-order valence-corrected chi connectivity index (χ2v) is 7.81. The van der Waals surface area contributed by atoms with E-state index in [9.17, 15) is 4.79 Å².